The Bertz CT molecular complexity index is 890. The minimum atomic E-state index is 0.541. The number of rotatable bonds is 10. The lowest BCUT2D eigenvalue weighted by molar-refractivity contribution is 0.321. The summed E-state index contributed by atoms with van der Waals surface area (Å²) in [5.74, 6) is 2.41. The zero-order valence-electron chi connectivity index (χ0n) is 17.5. The number of imidazole rings is 1. The molecule has 1 aromatic heterocycles. The van der Waals surface area contributed by atoms with E-state index in [2.05, 4.69) is 51.8 Å². The second-order valence-electron chi connectivity index (χ2n) is 6.70. The minimum absolute atomic E-state index is 0.541. The van der Waals surface area contributed by atoms with Crippen LogP contribution in [-0.4, -0.2) is 42.3 Å². The van der Waals surface area contributed by atoms with Gasteiger partial charge in [0.2, 0.25) is 0 Å². The van der Waals surface area contributed by atoms with E-state index in [1.807, 2.05) is 41.4 Å². The summed E-state index contributed by atoms with van der Waals surface area (Å²) in [5.41, 5.74) is 2.40. The third-order valence-corrected chi connectivity index (χ3v) is 4.43. The highest BCUT2D eigenvalue weighted by molar-refractivity contribution is 5.79. The smallest absolute Gasteiger partial charge is 0.191 e. The molecule has 30 heavy (non-hydrogen) atoms. The van der Waals surface area contributed by atoms with E-state index in [0.29, 0.717) is 19.7 Å². The van der Waals surface area contributed by atoms with Crippen molar-refractivity contribution in [3.8, 4) is 11.5 Å². The summed E-state index contributed by atoms with van der Waals surface area (Å²) in [6.07, 6.45) is 5.58. The van der Waals surface area contributed by atoms with Crippen LogP contribution in [0, 0.1) is 0 Å². The van der Waals surface area contributed by atoms with Crippen LogP contribution in [0.2, 0.25) is 0 Å². The van der Waals surface area contributed by atoms with Crippen molar-refractivity contribution in [3.05, 3.63) is 78.4 Å². The normalized spacial score (nSPS) is 11.2. The largest absolute Gasteiger partial charge is 0.497 e. The summed E-state index contributed by atoms with van der Waals surface area (Å²) in [7, 11) is 1.65. The predicted octanol–water partition coefficient (Wildman–Crippen LogP) is 3.07. The van der Waals surface area contributed by atoms with E-state index in [4.69, 9.17) is 9.47 Å². The molecule has 3 aromatic rings. The van der Waals surface area contributed by atoms with Crippen molar-refractivity contribution in [2.24, 2.45) is 4.99 Å². The number of nitrogens with one attached hydrogen (secondary N) is 2. The van der Waals surface area contributed by atoms with Gasteiger partial charge in [0.25, 0.3) is 0 Å². The average Bonchev–Trinajstić information content (AvgIpc) is 3.29. The standard InChI is InChI=1S/C23H29N5O2/c1-3-25-23(26-13-15-30-22-10-8-21(29-2)9-11-22)27-16-19-4-6-20(7-5-19)17-28-14-12-24-18-28/h4-12,14,18H,3,13,15-17H2,1-2H3,(H2,25,26,27). The first-order valence-corrected chi connectivity index (χ1v) is 10.1. The topological polar surface area (TPSA) is 72.7 Å². The molecule has 0 saturated carbocycles. The van der Waals surface area contributed by atoms with Gasteiger partial charge in [-0.05, 0) is 42.3 Å². The van der Waals surface area contributed by atoms with Gasteiger partial charge in [0.1, 0.15) is 18.1 Å². The Morgan fingerprint density at radius 1 is 1.00 bits per heavy atom. The van der Waals surface area contributed by atoms with E-state index >= 15 is 0 Å². The maximum Gasteiger partial charge on any atom is 0.191 e. The molecular formula is C23H29N5O2. The number of aromatic nitrogens is 2. The van der Waals surface area contributed by atoms with E-state index < -0.39 is 0 Å². The molecule has 7 nitrogen and oxygen atoms in total. The Morgan fingerprint density at radius 3 is 2.40 bits per heavy atom. The lowest BCUT2D eigenvalue weighted by atomic mass is 10.1. The van der Waals surface area contributed by atoms with Crippen molar-refractivity contribution in [1.29, 1.82) is 0 Å². The lowest BCUT2D eigenvalue weighted by Gasteiger charge is -2.12. The Labute approximate surface area is 177 Å². The maximum absolute atomic E-state index is 5.75. The molecule has 158 valence electrons. The first-order chi connectivity index (χ1) is 14.8. The van der Waals surface area contributed by atoms with Gasteiger partial charge in [-0.2, -0.15) is 0 Å². The highest BCUT2D eigenvalue weighted by Gasteiger charge is 2.00. The summed E-state index contributed by atoms with van der Waals surface area (Å²) >= 11 is 0. The van der Waals surface area contributed by atoms with Crippen LogP contribution < -0.4 is 20.1 Å². The Morgan fingerprint density at radius 2 is 1.73 bits per heavy atom. The molecule has 0 atom stereocenters. The van der Waals surface area contributed by atoms with E-state index in [1.165, 1.54) is 5.56 Å². The third kappa shape index (κ3) is 6.84. The number of nitrogens with zero attached hydrogens (tertiary/aromatic N) is 3. The van der Waals surface area contributed by atoms with Crippen LogP contribution in [0.15, 0.2) is 72.2 Å². The van der Waals surface area contributed by atoms with Gasteiger partial charge in [-0.25, -0.2) is 9.98 Å². The van der Waals surface area contributed by atoms with E-state index in [-0.39, 0.29) is 0 Å². The van der Waals surface area contributed by atoms with Gasteiger partial charge >= 0.3 is 0 Å². The van der Waals surface area contributed by atoms with Gasteiger partial charge in [-0.3, -0.25) is 0 Å². The van der Waals surface area contributed by atoms with Gasteiger partial charge in [-0.1, -0.05) is 24.3 Å². The maximum atomic E-state index is 5.75. The number of ether oxygens (including phenoxy) is 2. The molecular weight excluding hydrogens is 378 g/mol. The van der Waals surface area contributed by atoms with Crippen molar-refractivity contribution in [2.45, 2.75) is 20.0 Å². The third-order valence-electron chi connectivity index (χ3n) is 4.43. The van der Waals surface area contributed by atoms with Crippen molar-refractivity contribution in [3.63, 3.8) is 0 Å². The quantitative estimate of drug-likeness (QED) is 0.307. The van der Waals surface area contributed by atoms with Gasteiger partial charge in [0, 0.05) is 25.5 Å². The summed E-state index contributed by atoms with van der Waals surface area (Å²) in [5, 5.41) is 6.57. The van der Waals surface area contributed by atoms with Crippen LogP contribution >= 0.6 is 0 Å². The molecule has 0 aliphatic heterocycles. The van der Waals surface area contributed by atoms with Crippen molar-refractivity contribution in [2.75, 3.05) is 26.8 Å². The molecule has 7 heteroatoms. The van der Waals surface area contributed by atoms with E-state index in [0.717, 1.165) is 36.1 Å². The summed E-state index contributed by atoms with van der Waals surface area (Å²) in [6.45, 7) is 5.48. The number of methoxy groups -OCH3 is 1. The fourth-order valence-electron chi connectivity index (χ4n) is 2.86. The van der Waals surface area contributed by atoms with Gasteiger partial charge in [0.15, 0.2) is 5.96 Å². The summed E-state index contributed by atoms with van der Waals surface area (Å²) in [6, 6.07) is 16.1. The SMILES string of the molecule is CCNC(=NCc1ccc(Cn2ccnc2)cc1)NCCOc1ccc(OC)cc1. The van der Waals surface area contributed by atoms with Crippen LogP contribution in [0.3, 0.4) is 0 Å². The van der Waals surface area contributed by atoms with Crippen LogP contribution in [0.1, 0.15) is 18.1 Å². The molecule has 0 aliphatic carbocycles. The molecule has 2 aromatic carbocycles. The fraction of sp³-hybridized carbons (Fsp3) is 0.304. The minimum Gasteiger partial charge on any atom is -0.497 e. The summed E-state index contributed by atoms with van der Waals surface area (Å²) < 4.78 is 12.9. The number of hydrogen-bond acceptors (Lipinski definition) is 4. The Balaban J connectivity index is 1.45. The molecule has 0 bridgehead atoms. The van der Waals surface area contributed by atoms with Gasteiger partial charge in [0.05, 0.1) is 26.5 Å². The zero-order chi connectivity index (χ0) is 21.0. The molecule has 0 amide bonds. The van der Waals surface area contributed by atoms with E-state index in [9.17, 15) is 0 Å². The lowest BCUT2D eigenvalue weighted by Crippen LogP contribution is -2.39. The molecule has 0 aliphatic rings. The first kappa shape index (κ1) is 21.2. The highest BCUT2D eigenvalue weighted by atomic mass is 16.5. The second kappa shape index (κ2) is 11.5. The van der Waals surface area contributed by atoms with Gasteiger partial charge < -0.3 is 24.7 Å². The molecule has 0 unspecified atom stereocenters. The Kier molecular flexibility index (Phi) is 8.14. The molecule has 0 fully saturated rings. The van der Waals surface area contributed by atoms with Crippen LogP contribution in [0.5, 0.6) is 11.5 Å². The Hall–Kier alpha value is -3.48. The van der Waals surface area contributed by atoms with E-state index in [1.54, 1.807) is 13.3 Å². The molecule has 3 rings (SSSR count). The molecule has 1 heterocycles. The average molecular weight is 408 g/mol. The summed E-state index contributed by atoms with van der Waals surface area (Å²) in [4.78, 5) is 8.74. The number of hydrogen-bond donors (Lipinski definition) is 2. The molecule has 0 radical (unpaired) electrons. The second-order valence-corrected chi connectivity index (χ2v) is 6.70. The molecule has 0 spiro atoms. The van der Waals surface area contributed by atoms with Gasteiger partial charge in [-0.15, -0.1) is 0 Å². The van der Waals surface area contributed by atoms with Crippen molar-refractivity contribution < 1.29 is 9.47 Å². The van der Waals surface area contributed by atoms with Crippen LogP contribution in [0.4, 0.5) is 0 Å². The van der Waals surface area contributed by atoms with Crippen LogP contribution in [-0.2, 0) is 13.1 Å². The number of benzene rings is 2. The predicted molar refractivity (Wildman–Crippen MR) is 119 cm³/mol. The first-order valence-electron chi connectivity index (χ1n) is 10.1. The van der Waals surface area contributed by atoms with Crippen LogP contribution in [0.25, 0.3) is 0 Å². The molecule has 2 N–H and O–H groups in total. The van der Waals surface area contributed by atoms with Crippen molar-refractivity contribution in [1.82, 2.24) is 20.2 Å². The fourth-order valence-corrected chi connectivity index (χ4v) is 2.86. The van der Waals surface area contributed by atoms with Crippen molar-refractivity contribution >= 4 is 5.96 Å². The number of aliphatic imine (C=N–C) groups is 1. The highest BCUT2D eigenvalue weighted by Crippen LogP contribution is 2.16. The monoisotopic (exact) mass is 407 g/mol. The molecule has 0 saturated heterocycles. The zero-order valence-corrected chi connectivity index (χ0v) is 17.5. The number of guanidine groups is 1.